The fourth-order valence-corrected chi connectivity index (χ4v) is 5.59. The number of nitrogens with zero attached hydrogens (tertiary/aromatic N) is 2. The quantitative estimate of drug-likeness (QED) is 0.276. The summed E-state index contributed by atoms with van der Waals surface area (Å²) in [5.74, 6) is 0.996. The summed E-state index contributed by atoms with van der Waals surface area (Å²) in [6, 6.07) is 26.0. The summed E-state index contributed by atoms with van der Waals surface area (Å²) >= 11 is 1.41. The predicted molar refractivity (Wildman–Crippen MR) is 154 cm³/mol. The Labute approximate surface area is 233 Å². The highest BCUT2D eigenvalue weighted by atomic mass is 32.1. The number of rotatable bonds is 9. The minimum Gasteiger partial charge on any atom is -0.486 e. The zero-order valence-corrected chi connectivity index (χ0v) is 23.1. The summed E-state index contributed by atoms with van der Waals surface area (Å²) in [6.45, 7) is 5.58. The second-order valence-electron chi connectivity index (χ2n) is 10.2. The van der Waals surface area contributed by atoms with Gasteiger partial charge >= 0.3 is 0 Å². The molecular formula is C32H33N3O3S. The first-order valence-corrected chi connectivity index (χ1v) is 14.2. The summed E-state index contributed by atoms with van der Waals surface area (Å²) in [5.41, 5.74) is 4.86. The molecule has 3 aromatic carbocycles. The minimum atomic E-state index is -0.202. The van der Waals surface area contributed by atoms with E-state index >= 15 is 0 Å². The van der Waals surface area contributed by atoms with Crippen LogP contribution in [-0.2, 0) is 24.4 Å². The van der Waals surface area contributed by atoms with Gasteiger partial charge < -0.3 is 15.0 Å². The molecule has 1 aliphatic heterocycles. The van der Waals surface area contributed by atoms with Crippen LogP contribution in [0.25, 0.3) is 0 Å². The largest absolute Gasteiger partial charge is 0.486 e. The van der Waals surface area contributed by atoms with E-state index in [4.69, 9.17) is 4.74 Å². The molecule has 39 heavy (non-hydrogen) atoms. The fraction of sp³-hybridized carbons (Fsp3) is 0.281. The highest BCUT2D eigenvalue weighted by molar-refractivity contribution is 7.09. The molecular weight excluding hydrogens is 506 g/mol. The summed E-state index contributed by atoms with van der Waals surface area (Å²) < 4.78 is 6.14. The van der Waals surface area contributed by atoms with Gasteiger partial charge in [0.05, 0.1) is 6.04 Å². The van der Waals surface area contributed by atoms with Crippen LogP contribution in [0.3, 0.4) is 0 Å². The van der Waals surface area contributed by atoms with Gasteiger partial charge in [0.15, 0.2) is 0 Å². The molecule has 4 aromatic rings. The van der Waals surface area contributed by atoms with Gasteiger partial charge in [0, 0.05) is 24.9 Å². The molecule has 6 nitrogen and oxygen atoms in total. The predicted octanol–water partition coefficient (Wildman–Crippen LogP) is 6.17. The van der Waals surface area contributed by atoms with E-state index in [9.17, 15) is 9.59 Å². The second kappa shape index (κ2) is 12.3. The van der Waals surface area contributed by atoms with Crippen molar-refractivity contribution in [1.82, 2.24) is 15.2 Å². The van der Waals surface area contributed by atoms with Gasteiger partial charge in [0.2, 0.25) is 5.91 Å². The molecule has 0 radical (unpaired) electrons. The molecule has 2 amide bonds. The van der Waals surface area contributed by atoms with Gasteiger partial charge in [-0.15, -0.1) is 11.3 Å². The lowest BCUT2D eigenvalue weighted by molar-refractivity contribution is -0.134. The lowest BCUT2D eigenvalue weighted by atomic mass is 9.87. The Kier molecular flexibility index (Phi) is 8.37. The number of hydrogen-bond acceptors (Lipinski definition) is 5. The molecule has 0 aliphatic carbocycles. The van der Waals surface area contributed by atoms with E-state index in [1.165, 1.54) is 16.9 Å². The van der Waals surface area contributed by atoms with Crippen molar-refractivity contribution in [2.45, 2.75) is 45.9 Å². The maximum absolute atomic E-state index is 13.2. The monoisotopic (exact) mass is 539 g/mol. The Morgan fingerprint density at radius 1 is 1.05 bits per heavy atom. The van der Waals surface area contributed by atoms with Gasteiger partial charge in [0.25, 0.3) is 5.91 Å². The maximum atomic E-state index is 13.2. The third-order valence-corrected chi connectivity index (χ3v) is 7.63. The number of ether oxygens (including phenoxy) is 1. The molecule has 0 bridgehead atoms. The smallest absolute Gasteiger partial charge is 0.271 e. The number of hydrogen-bond donors (Lipinski definition) is 1. The highest BCUT2D eigenvalue weighted by Gasteiger charge is 2.32. The standard InChI is InChI=1S/C32H33N3O3S/c1-22(2)17-30(36)35-16-15-24-13-14-26(18-27(24)31(35)25-11-7-4-8-12-25)38-20-29-34-28(21-39-29)32(37)33-19-23-9-5-3-6-10-23/h3-14,18,21-22,31H,15-17,19-20H2,1-2H3,(H,33,37)/t31-/m1/s1. The number of carbonyl (C=O) groups is 2. The van der Waals surface area contributed by atoms with Crippen LogP contribution < -0.4 is 10.1 Å². The number of thiazole rings is 1. The fourth-order valence-electron chi connectivity index (χ4n) is 4.91. The molecule has 1 aromatic heterocycles. The molecule has 200 valence electrons. The van der Waals surface area contributed by atoms with Gasteiger partial charge in [0.1, 0.15) is 23.1 Å². The third kappa shape index (κ3) is 6.55. The van der Waals surface area contributed by atoms with E-state index in [1.807, 2.05) is 59.5 Å². The Morgan fingerprint density at radius 2 is 1.79 bits per heavy atom. The summed E-state index contributed by atoms with van der Waals surface area (Å²) in [4.78, 5) is 32.3. The lowest BCUT2D eigenvalue weighted by Crippen LogP contribution is -2.41. The van der Waals surface area contributed by atoms with Crippen molar-refractivity contribution in [3.8, 4) is 5.75 Å². The molecule has 0 spiro atoms. The van der Waals surface area contributed by atoms with Gasteiger partial charge in [-0.3, -0.25) is 9.59 Å². The highest BCUT2D eigenvalue weighted by Crippen LogP contribution is 2.38. The van der Waals surface area contributed by atoms with E-state index in [0.717, 1.165) is 33.9 Å². The van der Waals surface area contributed by atoms with Gasteiger partial charge in [-0.2, -0.15) is 0 Å². The number of nitrogens with one attached hydrogen (secondary N) is 1. The van der Waals surface area contributed by atoms with Crippen molar-refractivity contribution in [1.29, 1.82) is 0 Å². The van der Waals surface area contributed by atoms with E-state index in [1.54, 1.807) is 5.38 Å². The van der Waals surface area contributed by atoms with E-state index in [2.05, 4.69) is 48.4 Å². The molecule has 0 saturated heterocycles. The van der Waals surface area contributed by atoms with Gasteiger partial charge in [-0.05, 0) is 46.7 Å². The van der Waals surface area contributed by atoms with Crippen molar-refractivity contribution in [3.63, 3.8) is 0 Å². The average Bonchev–Trinajstić information content (AvgIpc) is 3.44. The molecule has 1 atom stereocenters. The third-order valence-electron chi connectivity index (χ3n) is 6.81. The summed E-state index contributed by atoms with van der Waals surface area (Å²) in [7, 11) is 0. The van der Waals surface area contributed by atoms with Crippen molar-refractivity contribution < 1.29 is 14.3 Å². The van der Waals surface area contributed by atoms with Crippen LogP contribution in [0.5, 0.6) is 5.75 Å². The molecule has 0 saturated carbocycles. The van der Waals surface area contributed by atoms with Crippen LogP contribution in [0.1, 0.15) is 64.1 Å². The van der Waals surface area contributed by atoms with Crippen LogP contribution in [0, 0.1) is 5.92 Å². The first-order chi connectivity index (χ1) is 19.0. The maximum Gasteiger partial charge on any atom is 0.271 e. The Balaban J connectivity index is 1.29. The first-order valence-electron chi connectivity index (χ1n) is 13.3. The van der Waals surface area contributed by atoms with E-state index < -0.39 is 0 Å². The van der Waals surface area contributed by atoms with Crippen molar-refractivity contribution in [3.05, 3.63) is 117 Å². The van der Waals surface area contributed by atoms with Crippen LogP contribution in [0.4, 0.5) is 0 Å². The zero-order valence-electron chi connectivity index (χ0n) is 22.3. The lowest BCUT2D eigenvalue weighted by Gasteiger charge is -2.38. The number of benzene rings is 3. The van der Waals surface area contributed by atoms with Crippen LogP contribution >= 0.6 is 11.3 Å². The van der Waals surface area contributed by atoms with Crippen molar-refractivity contribution >= 4 is 23.2 Å². The number of amides is 2. The van der Waals surface area contributed by atoms with Gasteiger partial charge in [-0.25, -0.2) is 4.98 Å². The molecule has 0 unspecified atom stereocenters. The van der Waals surface area contributed by atoms with Gasteiger partial charge in [-0.1, -0.05) is 80.6 Å². The minimum absolute atomic E-state index is 0.149. The average molecular weight is 540 g/mol. The first kappa shape index (κ1) is 26.6. The normalized spacial score (nSPS) is 14.6. The second-order valence-corrected chi connectivity index (χ2v) is 11.1. The molecule has 7 heteroatoms. The van der Waals surface area contributed by atoms with Crippen molar-refractivity contribution in [2.75, 3.05) is 6.54 Å². The SMILES string of the molecule is CC(C)CC(=O)N1CCc2ccc(OCc3nc(C(=O)NCc4ccccc4)cs3)cc2[C@H]1c1ccccc1. The molecule has 5 rings (SSSR count). The Bertz CT molecular complexity index is 1420. The topological polar surface area (TPSA) is 71.5 Å². The Hall–Kier alpha value is -3.97. The van der Waals surface area contributed by atoms with Crippen molar-refractivity contribution in [2.24, 2.45) is 5.92 Å². The van der Waals surface area contributed by atoms with Crippen LogP contribution in [-0.4, -0.2) is 28.2 Å². The van der Waals surface area contributed by atoms with Crippen LogP contribution in [0.2, 0.25) is 0 Å². The summed E-state index contributed by atoms with van der Waals surface area (Å²) in [5, 5.41) is 5.40. The molecule has 1 aliphatic rings. The number of fused-ring (bicyclic) bond motifs is 1. The number of aromatic nitrogens is 1. The van der Waals surface area contributed by atoms with E-state index in [-0.39, 0.29) is 24.5 Å². The molecule has 1 N–H and O–H groups in total. The van der Waals surface area contributed by atoms with Crippen LogP contribution in [0.15, 0.2) is 84.2 Å². The molecule has 2 heterocycles. The summed E-state index contributed by atoms with van der Waals surface area (Å²) in [6.07, 6.45) is 1.34. The Morgan fingerprint density at radius 3 is 2.54 bits per heavy atom. The number of carbonyl (C=O) groups excluding carboxylic acids is 2. The molecule has 0 fully saturated rings. The zero-order chi connectivity index (χ0) is 27.2. The van der Waals surface area contributed by atoms with E-state index in [0.29, 0.717) is 31.1 Å².